The Morgan fingerprint density at radius 3 is 2.36 bits per heavy atom. The molecule has 0 fully saturated rings. The highest BCUT2D eigenvalue weighted by Crippen LogP contribution is 1.97. The van der Waals surface area contributed by atoms with Crippen molar-refractivity contribution in [1.29, 1.82) is 0 Å². The molecule has 2 N–H and O–H groups in total. The third kappa shape index (κ3) is 4.53. The molecule has 0 rings (SSSR count). The van der Waals surface area contributed by atoms with Gasteiger partial charge in [0.05, 0.1) is 0 Å². The van der Waals surface area contributed by atoms with Crippen LogP contribution in [-0.2, 0) is 0 Å². The first-order valence-corrected chi connectivity index (χ1v) is 3.39. The molecule has 3 nitrogen and oxygen atoms in total. The molecule has 0 atom stereocenters. The molecule has 0 aromatic carbocycles. The molecule has 0 saturated heterocycles. The molecule has 0 aliphatic heterocycles. The van der Waals surface area contributed by atoms with E-state index in [1.165, 1.54) is 6.20 Å². The molecular formula is C7H12BNO2. The van der Waals surface area contributed by atoms with Gasteiger partial charge in [0.2, 0.25) is 0 Å². The predicted octanol–water partition coefficient (Wildman–Crippen LogP) is 0.549. The van der Waals surface area contributed by atoms with Crippen LogP contribution in [0.15, 0.2) is 28.8 Å². The van der Waals surface area contributed by atoms with Crippen LogP contribution < -0.4 is 0 Å². The summed E-state index contributed by atoms with van der Waals surface area (Å²) in [6.07, 6.45) is 6.29. The van der Waals surface area contributed by atoms with Gasteiger partial charge in [-0.25, -0.2) is 0 Å². The highest BCUT2D eigenvalue weighted by molar-refractivity contribution is 6.51. The lowest BCUT2D eigenvalue weighted by Crippen LogP contribution is -2.13. The summed E-state index contributed by atoms with van der Waals surface area (Å²) in [6, 6.07) is 0. The Morgan fingerprint density at radius 1 is 1.36 bits per heavy atom. The van der Waals surface area contributed by atoms with E-state index >= 15 is 0 Å². The minimum absolute atomic E-state index is 0.440. The van der Waals surface area contributed by atoms with Gasteiger partial charge in [0.15, 0.2) is 0 Å². The van der Waals surface area contributed by atoms with E-state index in [0.29, 0.717) is 5.47 Å². The van der Waals surface area contributed by atoms with Crippen LogP contribution in [0.5, 0.6) is 0 Å². The number of allylic oxidation sites excluding steroid dienone is 3. The van der Waals surface area contributed by atoms with Crippen molar-refractivity contribution in [3.63, 3.8) is 0 Å². The zero-order valence-corrected chi connectivity index (χ0v) is 6.73. The Balaban J connectivity index is 4.10. The van der Waals surface area contributed by atoms with Crippen LogP contribution in [0.25, 0.3) is 0 Å². The fourth-order valence-corrected chi connectivity index (χ4v) is 0.547. The predicted molar refractivity (Wildman–Crippen MR) is 47.3 cm³/mol. The third-order valence-electron chi connectivity index (χ3n) is 1.13. The van der Waals surface area contributed by atoms with Crippen molar-refractivity contribution in [1.82, 2.24) is 0 Å². The first kappa shape index (κ1) is 10.1. The summed E-state index contributed by atoms with van der Waals surface area (Å²) in [6.45, 7) is 3.52. The fraction of sp³-hybridized carbons (Fsp3) is 0.286. The molecule has 0 aromatic heterocycles. The minimum Gasteiger partial charge on any atom is -0.423 e. The second-order valence-electron chi connectivity index (χ2n) is 1.89. The summed E-state index contributed by atoms with van der Waals surface area (Å²) in [7, 11) is -1.41. The van der Waals surface area contributed by atoms with Crippen molar-refractivity contribution in [3.8, 4) is 0 Å². The topological polar surface area (TPSA) is 52.8 Å². The second-order valence-corrected chi connectivity index (χ2v) is 1.89. The maximum atomic E-state index is 8.70. The highest BCUT2D eigenvalue weighted by atomic mass is 16.4. The Bertz CT molecular complexity index is 185. The SMILES string of the molecule is CC=N/C=C\C(=C/C)B(O)O. The molecule has 0 radical (unpaired) electrons. The monoisotopic (exact) mass is 153 g/mol. The van der Waals surface area contributed by atoms with E-state index in [1.54, 1.807) is 32.2 Å². The van der Waals surface area contributed by atoms with Crippen molar-refractivity contribution in [3.05, 3.63) is 23.8 Å². The van der Waals surface area contributed by atoms with E-state index in [1.807, 2.05) is 0 Å². The zero-order valence-electron chi connectivity index (χ0n) is 6.73. The maximum absolute atomic E-state index is 8.70. The summed E-state index contributed by atoms with van der Waals surface area (Å²) in [5.74, 6) is 0. The summed E-state index contributed by atoms with van der Waals surface area (Å²) in [5.41, 5.74) is 0.440. The Kier molecular flexibility index (Phi) is 5.42. The molecular weight excluding hydrogens is 141 g/mol. The van der Waals surface area contributed by atoms with E-state index in [9.17, 15) is 0 Å². The van der Waals surface area contributed by atoms with Gasteiger partial charge >= 0.3 is 7.12 Å². The van der Waals surface area contributed by atoms with Crippen molar-refractivity contribution < 1.29 is 10.0 Å². The Labute approximate surface area is 66.9 Å². The number of rotatable bonds is 3. The largest absolute Gasteiger partial charge is 0.488 e. The first-order chi connectivity index (χ1) is 5.22. The van der Waals surface area contributed by atoms with Gasteiger partial charge in [-0.3, -0.25) is 4.99 Å². The third-order valence-corrected chi connectivity index (χ3v) is 1.13. The number of hydrogen-bond acceptors (Lipinski definition) is 3. The molecule has 0 unspecified atom stereocenters. The molecule has 0 heterocycles. The smallest absolute Gasteiger partial charge is 0.423 e. The van der Waals surface area contributed by atoms with Crippen LogP contribution >= 0.6 is 0 Å². The molecule has 11 heavy (non-hydrogen) atoms. The molecule has 0 saturated carbocycles. The van der Waals surface area contributed by atoms with Gasteiger partial charge in [-0.1, -0.05) is 6.08 Å². The normalized spacial score (nSPS) is 13.3. The fourth-order valence-electron chi connectivity index (χ4n) is 0.547. The summed E-state index contributed by atoms with van der Waals surface area (Å²) >= 11 is 0. The van der Waals surface area contributed by atoms with E-state index in [0.717, 1.165) is 0 Å². The van der Waals surface area contributed by atoms with Gasteiger partial charge in [0.25, 0.3) is 0 Å². The van der Waals surface area contributed by atoms with Gasteiger partial charge < -0.3 is 10.0 Å². The Morgan fingerprint density at radius 2 is 2.00 bits per heavy atom. The highest BCUT2D eigenvalue weighted by Gasteiger charge is 2.09. The van der Waals surface area contributed by atoms with Crippen LogP contribution in [0.1, 0.15) is 13.8 Å². The van der Waals surface area contributed by atoms with Crippen molar-refractivity contribution >= 4 is 13.3 Å². The second kappa shape index (κ2) is 5.89. The van der Waals surface area contributed by atoms with Crippen molar-refractivity contribution in [2.24, 2.45) is 4.99 Å². The van der Waals surface area contributed by atoms with E-state index < -0.39 is 7.12 Å². The minimum atomic E-state index is -1.41. The molecule has 0 aromatic rings. The van der Waals surface area contributed by atoms with E-state index in [-0.39, 0.29) is 0 Å². The molecule has 4 heteroatoms. The number of nitrogens with zero attached hydrogens (tertiary/aromatic N) is 1. The van der Waals surface area contributed by atoms with Crippen LogP contribution in [0.4, 0.5) is 0 Å². The van der Waals surface area contributed by atoms with Crippen LogP contribution in [-0.4, -0.2) is 23.4 Å². The van der Waals surface area contributed by atoms with Crippen molar-refractivity contribution in [2.45, 2.75) is 13.8 Å². The molecule has 0 aliphatic carbocycles. The van der Waals surface area contributed by atoms with Gasteiger partial charge in [0.1, 0.15) is 0 Å². The number of aliphatic imine (C=N–C) groups is 1. The van der Waals surface area contributed by atoms with Gasteiger partial charge in [-0.05, 0) is 25.4 Å². The first-order valence-electron chi connectivity index (χ1n) is 3.39. The van der Waals surface area contributed by atoms with Crippen molar-refractivity contribution in [2.75, 3.05) is 0 Å². The summed E-state index contributed by atoms with van der Waals surface area (Å²) in [4.78, 5) is 3.77. The lowest BCUT2D eigenvalue weighted by molar-refractivity contribution is 0.420. The van der Waals surface area contributed by atoms with Gasteiger partial charge in [0, 0.05) is 12.4 Å². The lowest BCUT2D eigenvalue weighted by atomic mass is 9.79. The summed E-state index contributed by atoms with van der Waals surface area (Å²) < 4.78 is 0. The van der Waals surface area contributed by atoms with Crippen LogP contribution in [0.3, 0.4) is 0 Å². The standard InChI is InChI=1S/C7H12BNO2/c1-3-7(8(10)11)5-6-9-4-2/h3-6,10-11H,1-2H3/b6-5-,7-3+,9-4?. The summed E-state index contributed by atoms with van der Waals surface area (Å²) in [5, 5.41) is 17.4. The van der Waals surface area contributed by atoms with E-state index in [4.69, 9.17) is 10.0 Å². The molecule has 0 aliphatic rings. The van der Waals surface area contributed by atoms with Gasteiger partial charge in [-0.2, -0.15) is 0 Å². The average Bonchev–Trinajstić information content (AvgIpc) is 1.97. The van der Waals surface area contributed by atoms with Gasteiger partial charge in [-0.15, -0.1) is 0 Å². The average molecular weight is 153 g/mol. The Hall–Kier alpha value is -0.865. The molecule has 0 bridgehead atoms. The molecule has 0 spiro atoms. The van der Waals surface area contributed by atoms with Crippen LogP contribution in [0, 0.1) is 0 Å². The maximum Gasteiger partial charge on any atom is 0.488 e. The van der Waals surface area contributed by atoms with Crippen LogP contribution in [0.2, 0.25) is 0 Å². The lowest BCUT2D eigenvalue weighted by Gasteiger charge is -1.95. The molecule has 0 amide bonds. The van der Waals surface area contributed by atoms with E-state index in [2.05, 4.69) is 4.99 Å². The quantitative estimate of drug-likeness (QED) is 0.353. The number of hydrogen-bond donors (Lipinski definition) is 2. The zero-order chi connectivity index (χ0) is 8.69. The molecule has 60 valence electrons.